The van der Waals surface area contributed by atoms with Gasteiger partial charge in [-0.1, -0.05) is 54.5 Å². The summed E-state index contributed by atoms with van der Waals surface area (Å²) in [5.74, 6) is 0.637. The van der Waals surface area contributed by atoms with Crippen LogP contribution >= 0.6 is 11.3 Å². The first kappa shape index (κ1) is 12.0. The van der Waals surface area contributed by atoms with E-state index >= 15 is 0 Å². The number of hydrogen-bond donors (Lipinski definition) is 0. The second-order valence-electron chi connectivity index (χ2n) is 5.28. The molecule has 0 spiro atoms. The molecule has 0 atom stereocenters. The molecular formula is C16H15N3S. The highest BCUT2D eigenvalue weighted by molar-refractivity contribution is 7.18. The summed E-state index contributed by atoms with van der Waals surface area (Å²) in [6.45, 7) is 0. The van der Waals surface area contributed by atoms with Gasteiger partial charge in [-0.3, -0.25) is 0 Å². The molecule has 1 saturated carbocycles. The minimum Gasteiger partial charge on any atom is -0.237 e. The minimum absolute atomic E-state index is 0.637. The van der Waals surface area contributed by atoms with Gasteiger partial charge in [0.15, 0.2) is 0 Å². The van der Waals surface area contributed by atoms with Crippen molar-refractivity contribution in [2.24, 2.45) is 0 Å². The Morgan fingerprint density at radius 1 is 1.00 bits per heavy atom. The van der Waals surface area contributed by atoms with E-state index in [1.165, 1.54) is 30.7 Å². The molecule has 4 heteroatoms. The van der Waals surface area contributed by atoms with E-state index in [1.54, 1.807) is 17.7 Å². The zero-order chi connectivity index (χ0) is 13.4. The van der Waals surface area contributed by atoms with E-state index in [0.717, 1.165) is 21.6 Å². The summed E-state index contributed by atoms with van der Waals surface area (Å²) in [5.41, 5.74) is 3.03. The Morgan fingerprint density at radius 2 is 1.80 bits per heavy atom. The molecule has 20 heavy (non-hydrogen) atoms. The van der Waals surface area contributed by atoms with Crippen LogP contribution in [0.3, 0.4) is 0 Å². The molecule has 0 N–H and O–H groups in total. The summed E-state index contributed by atoms with van der Waals surface area (Å²) in [6.07, 6.45) is 6.86. The molecule has 1 aliphatic rings. The fourth-order valence-corrected chi connectivity index (χ4v) is 4.00. The topological polar surface area (TPSA) is 38.7 Å². The van der Waals surface area contributed by atoms with E-state index < -0.39 is 0 Å². The van der Waals surface area contributed by atoms with Crippen molar-refractivity contribution in [1.82, 2.24) is 15.0 Å². The van der Waals surface area contributed by atoms with E-state index in [2.05, 4.69) is 22.1 Å². The number of thiazole rings is 1. The molecule has 0 amide bonds. The van der Waals surface area contributed by atoms with Gasteiger partial charge in [-0.2, -0.15) is 0 Å². The zero-order valence-corrected chi connectivity index (χ0v) is 11.9. The van der Waals surface area contributed by atoms with Crippen molar-refractivity contribution in [3.8, 4) is 11.3 Å². The maximum atomic E-state index is 4.86. The van der Waals surface area contributed by atoms with Gasteiger partial charge in [0.2, 0.25) is 0 Å². The molecule has 1 fully saturated rings. The molecule has 0 bridgehead atoms. The van der Waals surface area contributed by atoms with Crippen LogP contribution in [0.4, 0.5) is 0 Å². The highest BCUT2D eigenvalue weighted by atomic mass is 32.1. The number of fused-ring (bicyclic) bond motifs is 1. The summed E-state index contributed by atoms with van der Waals surface area (Å²) >= 11 is 1.74. The first-order valence-electron chi connectivity index (χ1n) is 7.08. The largest absolute Gasteiger partial charge is 0.237 e. The molecule has 0 saturated heterocycles. The molecule has 0 radical (unpaired) electrons. The molecule has 0 aliphatic heterocycles. The Bertz CT molecular complexity index is 730. The summed E-state index contributed by atoms with van der Waals surface area (Å²) in [4.78, 5) is 14.7. The Morgan fingerprint density at radius 3 is 2.60 bits per heavy atom. The van der Waals surface area contributed by atoms with Crippen LogP contribution < -0.4 is 0 Å². The number of benzene rings is 1. The lowest BCUT2D eigenvalue weighted by Gasteiger charge is -2.02. The molecule has 100 valence electrons. The van der Waals surface area contributed by atoms with Gasteiger partial charge in [0.05, 0.1) is 5.01 Å². The van der Waals surface area contributed by atoms with E-state index in [9.17, 15) is 0 Å². The van der Waals surface area contributed by atoms with Crippen molar-refractivity contribution in [1.29, 1.82) is 0 Å². The number of rotatable bonds is 2. The van der Waals surface area contributed by atoms with Gasteiger partial charge in [-0.05, 0) is 12.8 Å². The van der Waals surface area contributed by atoms with Crippen LogP contribution in [-0.2, 0) is 0 Å². The fourth-order valence-electron chi connectivity index (χ4n) is 2.92. The standard InChI is InChI=1S/C16H15N3S/c1-2-6-11(7-3-1)13-14-16(18-10-17-13)20-15(19-14)12-8-4-5-9-12/h1-3,6-7,10,12H,4-5,8-9H2. The van der Waals surface area contributed by atoms with Crippen molar-refractivity contribution < 1.29 is 0 Å². The van der Waals surface area contributed by atoms with Gasteiger partial charge in [-0.15, -0.1) is 0 Å². The SMILES string of the molecule is c1ccc(-c2ncnc3sc(C4CCCC4)nc23)cc1. The third-order valence-electron chi connectivity index (χ3n) is 3.96. The molecule has 3 nitrogen and oxygen atoms in total. The maximum Gasteiger partial charge on any atom is 0.147 e. The summed E-state index contributed by atoms with van der Waals surface area (Å²) in [7, 11) is 0. The zero-order valence-electron chi connectivity index (χ0n) is 11.1. The Kier molecular flexibility index (Phi) is 2.96. The van der Waals surface area contributed by atoms with Crippen molar-refractivity contribution >= 4 is 21.7 Å². The van der Waals surface area contributed by atoms with Crippen LogP contribution in [-0.4, -0.2) is 15.0 Å². The minimum atomic E-state index is 0.637. The highest BCUT2D eigenvalue weighted by Gasteiger charge is 2.22. The van der Waals surface area contributed by atoms with E-state index in [4.69, 9.17) is 4.98 Å². The van der Waals surface area contributed by atoms with Gasteiger partial charge >= 0.3 is 0 Å². The van der Waals surface area contributed by atoms with Gasteiger partial charge < -0.3 is 0 Å². The van der Waals surface area contributed by atoms with Crippen molar-refractivity contribution in [3.63, 3.8) is 0 Å². The summed E-state index contributed by atoms with van der Waals surface area (Å²) in [5, 5.41) is 1.25. The Balaban J connectivity index is 1.85. The number of hydrogen-bond acceptors (Lipinski definition) is 4. The van der Waals surface area contributed by atoms with Crippen LogP contribution in [0.2, 0.25) is 0 Å². The van der Waals surface area contributed by atoms with Crippen molar-refractivity contribution in [2.75, 3.05) is 0 Å². The Hall–Kier alpha value is -1.81. The lowest BCUT2D eigenvalue weighted by atomic mass is 10.1. The fraction of sp³-hybridized carbons (Fsp3) is 0.312. The Labute approximate surface area is 121 Å². The molecule has 1 aliphatic carbocycles. The highest BCUT2D eigenvalue weighted by Crippen LogP contribution is 2.38. The molecule has 3 aromatic rings. The average molecular weight is 281 g/mol. The van der Waals surface area contributed by atoms with Gasteiger partial charge in [0, 0.05) is 11.5 Å². The molecule has 2 aromatic heterocycles. The van der Waals surface area contributed by atoms with Crippen LogP contribution in [0.15, 0.2) is 36.7 Å². The van der Waals surface area contributed by atoms with Crippen molar-refractivity contribution in [3.05, 3.63) is 41.7 Å². The van der Waals surface area contributed by atoms with Crippen LogP contribution in [0.1, 0.15) is 36.6 Å². The normalized spacial score (nSPS) is 16.0. The third-order valence-corrected chi connectivity index (χ3v) is 5.09. The maximum absolute atomic E-state index is 4.86. The van der Waals surface area contributed by atoms with Crippen LogP contribution in [0, 0.1) is 0 Å². The van der Waals surface area contributed by atoms with Crippen LogP contribution in [0.25, 0.3) is 21.6 Å². The smallest absolute Gasteiger partial charge is 0.147 e. The number of aromatic nitrogens is 3. The van der Waals surface area contributed by atoms with E-state index in [1.807, 2.05) is 18.2 Å². The second-order valence-corrected chi connectivity index (χ2v) is 6.28. The first-order chi connectivity index (χ1) is 9.92. The molecular weight excluding hydrogens is 266 g/mol. The predicted octanol–water partition coefficient (Wildman–Crippen LogP) is 4.41. The quantitative estimate of drug-likeness (QED) is 0.698. The van der Waals surface area contributed by atoms with Gasteiger partial charge in [0.1, 0.15) is 22.4 Å². The molecule has 1 aromatic carbocycles. The summed E-state index contributed by atoms with van der Waals surface area (Å²) in [6, 6.07) is 10.3. The monoisotopic (exact) mass is 281 g/mol. The molecule has 4 rings (SSSR count). The van der Waals surface area contributed by atoms with E-state index in [-0.39, 0.29) is 0 Å². The average Bonchev–Trinajstić information content (AvgIpc) is 3.16. The van der Waals surface area contributed by atoms with E-state index in [0.29, 0.717) is 5.92 Å². The van der Waals surface area contributed by atoms with Crippen molar-refractivity contribution in [2.45, 2.75) is 31.6 Å². The molecule has 2 heterocycles. The molecule has 0 unspecified atom stereocenters. The second kappa shape index (κ2) is 4.94. The van der Waals surface area contributed by atoms with Gasteiger partial charge in [-0.25, -0.2) is 15.0 Å². The predicted molar refractivity (Wildman–Crippen MR) is 81.9 cm³/mol. The lowest BCUT2D eigenvalue weighted by Crippen LogP contribution is -1.91. The first-order valence-corrected chi connectivity index (χ1v) is 7.90. The summed E-state index contributed by atoms with van der Waals surface area (Å²) < 4.78 is 0. The van der Waals surface area contributed by atoms with Crippen LogP contribution in [0.5, 0.6) is 0 Å². The lowest BCUT2D eigenvalue weighted by molar-refractivity contribution is 0.718. The third kappa shape index (κ3) is 2.00. The number of nitrogens with zero attached hydrogens (tertiary/aromatic N) is 3. The van der Waals surface area contributed by atoms with Gasteiger partial charge in [0.25, 0.3) is 0 Å².